The molecule has 5 heteroatoms. The van der Waals surface area contributed by atoms with E-state index in [-0.39, 0.29) is 5.75 Å². The number of fused-ring (bicyclic) bond motifs is 1. The van der Waals surface area contributed by atoms with Gasteiger partial charge in [-0.25, -0.2) is 4.98 Å². The fourth-order valence-electron chi connectivity index (χ4n) is 2.06. The number of halogens is 1. The molecule has 2 N–H and O–H groups in total. The SMILES string of the molecule is Oc1ccc(CNc2cc(Cl)ccn2)c2cccnc12. The highest BCUT2D eigenvalue weighted by molar-refractivity contribution is 6.30. The second-order valence-corrected chi connectivity index (χ2v) is 4.79. The Morgan fingerprint density at radius 2 is 2.00 bits per heavy atom. The Bertz CT molecular complexity index is 761. The molecule has 0 saturated heterocycles. The summed E-state index contributed by atoms with van der Waals surface area (Å²) in [4.78, 5) is 8.39. The highest BCUT2D eigenvalue weighted by atomic mass is 35.5. The van der Waals surface area contributed by atoms with E-state index in [1.54, 1.807) is 30.6 Å². The van der Waals surface area contributed by atoms with Crippen LogP contribution in [0.2, 0.25) is 5.02 Å². The minimum absolute atomic E-state index is 0.185. The number of aromatic nitrogens is 2. The van der Waals surface area contributed by atoms with E-state index < -0.39 is 0 Å². The van der Waals surface area contributed by atoms with Gasteiger partial charge >= 0.3 is 0 Å². The van der Waals surface area contributed by atoms with Crippen LogP contribution in [0.5, 0.6) is 5.75 Å². The number of nitrogens with one attached hydrogen (secondary N) is 1. The molecule has 0 aliphatic heterocycles. The second-order valence-electron chi connectivity index (χ2n) is 4.36. The maximum atomic E-state index is 9.80. The van der Waals surface area contributed by atoms with E-state index in [0.717, 1.165) is 10.9 Å². The predicted molar refractivity (Wildman–Crippen MR) is 80.0 cm³/mol. The zero-order valence-electron chi connectivity index (χ0n) is 10.5. The van der Waals surface area contributed by atoms with Gasteiger partial charge in [-0.3, -0.25) is 4.98 Å². The van der Waals surface area contributed by atoms with Gasteiger partial charge in [0.15, 0.2) is 0 Å². The van der Waals surface area contributed by atoms with Crippen LogP contribution >= 0.6 is 11.6 Å². The van der Waals surface area contributed by atoms with Gasteiger partial charge in [-0.15, -0.1) is 0 Å². The molecular formula is C15H12ClN3O. The largest absolute Gasteiger partial charge is 0.506 e. The van der Waals surface area contributed by atoms with Crippen LogP contribution < -0.4 is 5.32 Å². The van der Waals surface area contributed by atoms with Crippen molar-refractivity contribution in [1.82, 2.24) is 9.97 Å². The molecule has 0 radical (unpaired) electrons. The molecule has 2 aromatic heterocycles. The van der Waals surface area contributed by atoms with Crippen molar-refractivity contribution in [3.05, 3.63) is 59.4 Å². The average Bonchev–Trinajstić information content (AvgIpc) is 2.47. The van der Waals surface area contributed by atoms with Gasteiger partial charge < -0.3 is 10.4 Å². The van der Waals surface area contributed by atoms with Crippen LogP contribution in [0.1, 0.15) is 5.56 Å². The summed E-state index contributed by atoms with van der Waals surface area (Å²) in [7, 11) is 0. The number of phenolic OH excluding ortho intramolecular Hbond substituents is 1. The fraction of sp³-hybridized carbons (Fsp3) is 0.0667. The van der Waals surface area contributed by atoms with E-state index in [2.05, 4.69) is 15.3 Å². The third-order valence-electron chi connectivity index (χ3n) is 3.02. The molecule has 1 aromatic carbocycles. The number of rotatable bonds is 3. The highest BCUT2D eigenvalue weighted by Crippen LogP contribution is 2.26. The van der Waals surface area contributed by atoms with Crippen molar-refractivity contribution in [3.63, 3.8) is 0 Å². The lowest BCUT2D eigenvalue weighted by Crippen LogP contribution is -2.02. The van der Waals surface area contributed by atoms with Gasteiger partial charge in [-0.1, -0.05) is 23.7 Å². The van der Waals surface area contributed by atoms with Gasteiger partial charge in [-0.2, -0.15) is 0 Å². The number of pyridine rings is 2. The third-order valence-corrected chi connectivity index (χ3v) is 3.26. The van der Waals surface area contributed by atoms with Crippen LogP contribution in [-0.4, -0.2) is 15.1 Å². The van der Waals surface area contributed by atoms with Crippen molar-refractivity contribution in [1.29, 1.82) is 0 Å². The molecule has 0 aliphatic rings. The Balaban J connectivity index is 1.90. The molecule has 0 spiro atoms. The molecule has 2 heterocycles. The first-order valence-corrected chi connectivity index (χ1v) is 6.53. The molecule has 100 valence electrons. The van der Waals surface area contributed by atoms with E-state index >= 15 is 0 Å². The van der Waals surface area contributed by atoms with Gasteiger partial charge in [0.25, 0.3) is 0 Å². The molecular weight excluding hydrogens is 274 g/mol. The Morgan fingerprint density at radius 3 is 2.85 bits per heavy atom. The molecule has 4 nitrogen and oxygen atoms in total. The summed E-state index contributed by atoms with van der Waals surface area (Å²) >= 11 is 5.92. The summed E-state index contributed by atoms with van der Waals surface area (Å²) in [6.07, 6.45) is 3.32. The first-order chi connectivity index (χ1) is 9.74. The summed E-state index contributed by atoms with van der Waals surface area (Å²) in [6.45, 7) is 0.579. The number of nitrogens with zero attached hydrogens (tertiary/aromatic N) is 2. The van der Waals surface area contributed by atoms with Gasteiger partial charge in [0.1, 0.15) is 17.1 Å². The summed E-state index contributed by atoms with van der Waals surface area (Å²) in [6, 6.07) is 10.8. The van der Waals surface area contributed by atoms with Gasteiger partial charge in [0.05, 0.1) is 0 Å². The van der Waals surface area contributed by atoms with Crippen LogP contribution in [-0.2, 0) is 6.54 Å². The number of hydrogen-bond donors (Lipinski definition) is 2. The zero-order chi connectivity index (χ0) is 13.9. The summed E-state index contributed by atoms with van der Waals surface area (Å²) in [5, 5.41) is 14.6. The lowest BCUT2D eigenvalue weighted by molar-refractivity contribution is 0.480. The van der Waals surface area contributed by atoms with E-state index in [1.165, 1.54) is 0 Å². The molecule has 0 fully saturated rings. The molecule has 3 rings (SSSR count). The van der Waals surface area contributed by atoms with Crippen molar-refractivity contribution in [2.75, 3.05) is 5.32 Å². The zero-order valence-corrected chi connectivity index (χ0v) is 11.3. The average molecular weight is 286 g/mol. The van der Waals surface area contributed by atoms with Crippen molar-refractivity contribution in [2.45, 2.75) is 6.54 Å². The van der Waals surface area contributed by atoms with Gasteiger partial charge in [0, 0.05) is 29.3 Å². The molecule has 0 amide bonds. The summed E-state index contributed by atoms with van der Waals surface area (Å²) < 4.78 is 0. The van der Waals surface area contributed by atoms with Crippen molar-refractivity contribution >= 4 is 28.3 Å². The molecule has 0 atom stereocenters. The standard InChI is InChI=1S/C15H12ClN3O/c16-11-5-7-17-14(8-11)19-9-10-3-4-13(20)15-12(10)2-1-6-18-15/h1-8,20H,9H2,(H,17,19). The normalized spacial score (nSPS) is 10.7. The van der Waals surface area contributed by atoms with Crippen molar-refractivity contribution in [3.8, 4) is 5.75 Å². The topological polar surface area (TPSA) is 58.0 Å². The molecule has 20 heavy (non-hydrogen) atoms. The predicted octanol–water partition coefficient (Wildman–Crippen LogP) is 3.60. The summed E-state index contributed by atoms with van der Waals surface area (Å²) in [5.74, 6) is 0.896. The number of hydrogen-bond acceptors (Lipinski definition) is 4. The Morgan fingerprint density at radius 1 is 1.10 bits per heavy atom. The number of aromatic hydroxyl groups is 1. The lowest BCUT2D eigenvalue weighted by Gasteiger charge is -2.09. The van der Waals surface area contributed by atoms with Gasteiger partial charge in [-0.05, 0) is 29.8 Å². The minimum Gasteiger partial charge on any atom is -0.506 e. The fourth-order valence-corrected chi connectivity index (χ4v) is 2.22. The highest BCUT2D eigenvalue weighted by Gasteiger charge is 2.06. The van der Waals surface area contributed by atoms with Crippen molar-refractivity contribution in [2.24, 2.45) is 0 Å². The summed E-state index contributed by atoms with van der Waals surface area (Å²) in [5.41, 5.74) is 1.64. The molecule has 3 aromatic rings. The third kappa shape index (κ3) is 2.51. The number of anilines is 1. The Labute approximate surface area is 121 Å². The first-order valence-electron chi connectivity index (χ1n) is 6.15. The van der Waals surface area contributed by atoms with E-state index in [9.17, 15) is 5.11 Å². The van der Waals surface area contributed by atoms with Crippen LogP contribution in [0.25, 0.3) is 10.9 Å². The van der Waals surface area contributed by atoms with Crippen LogP contribution in [0.15, 0.2) is 48.8 Å². The van der Waals surface area contributed by atoms with E-state index in [0.29, 0.717) is 22.9 Å². The number of phenols is 1. The number of benzene rings is 1. The smallest absolute Gasteiger partial charge is 0.141 e. The Hall–Kier alpha value is -2.33. The molecule has 0 aliphatic carbocycles. The van der Waals surface area contributed by atoms with Crippen LogP contribution in [0, 0.1) is 0 Å². The minimum atomic E-state index is 0.185. The maximum absolute atomic E-state index is 9.80. The van der Waals surface area contributed by atoms with Crippen LogP contribution in [0.3, 0.4) is 0 Å². The monoisotopic (exact) mass is 285 g/mol. The van der Waals surface area contributed by atoms with Crippen molar-refractivity contribution < 1.29 is 5.11 Å². The molecule has 0 bridgehead atoms. The quantitative estimate of drug-likeness (QED) is 0.772. The molecule has 0 unspecified atom stereocenters. The molecule has 0 saturated carbocycles. The van der Waals surface area contributed by atoms with Crippen LogP contribution in [0.4, 0.5) is 5.82 Å². The second kappa shape index (κ2) is 5.35. The Kier molecular flexibility index (Phi) is 3.39. The van der Waals surface area contributed by atoms with E-state index in [4.69, 9.17) is 11.6 Å². The van der Waals surface area contributed by atoms with E-state index in [1.807, 2.05) is 18.2 Å². The lowest BCUT2D eigenvalue weighted by atomic mass is 10.1. The van der Waals surface area contributed by atoms with Gasteiger partial charge in [0.2, 0.25) is 0 Å². The maximum Gasteiger partial charge on any atom is 0.141 e. The first kappa shape index (κ1) is 12.7.